The normalized spacial score (nSPS) is 10.9. The van der Waals surface area contributed by atoms with Crippen molar-refractivity contribution in [1.29, 1.82) is 0 Å². The zero-order chi connectivity index (χ0) is 19.0. The smallest absolute Gasteiger partial charge is 0.272 e. The minimum atomic E-state index is -0.812. The van der Waals surface area contributed by atoms with Crippen LogP contribution in [-0.2, 0) is 7.05 Å². The number of aryl methyl sites for hydroxylation is 1. The molecule has 0 spiro atoms. The monoisotopic (exact) mass is 364 g/mol. The van der Waals surface area contributed by atoms with Gasteiger partial charge in [-0.15, -0.1) is 0 Å². The molecule has 0 amide bonds. The van der Waals surface area contributed by atoms with Gasteiger partial charge in [-0.05, 0) is 24.3 Å². The number of benzene rings is 2. The standard InChI is InChI=1S/C19H13FN4O3/c1-23-17-9-15(12-3-2-6-21-10-12)19(7-13(17)11-22-23)27-18-5-4-14(24(25)26)8-16(18)20/h2-11H,1H3. The third kappa shape index (κ3) is 3.08. The Kier molecular flexibility index (Phi) is 4.00. The molecule has 0 fully saturated rings. The zero-order valence-corrected chi connectivity index (χ0v) is 14.2. The second kappa shape index (κ2) is 6.49. The molecule has 7 nitrogen and oxygen atoms in total. The highest BCUT2D eigenvalue weighted by Crippen LogP contribution is 2.37. The van der Waals surface area contributed by atoms with Crippen LogP contribution in [-0.4, -0.2) is 19.7 Å². The van der Waals surface area contributed by atoms with Crippen LogP contribution in [0.5, 0.6) is 11.5 Å². The number of halogens is 1. The van der Waals surface area contributed by atoms with Crippen molar-refractivity contribution in [2.45, 2.75) is 0 Å². The maximum atomic E-state index is 14.3. The van der Waals surface area contributed by atoms with E-state index in [0.29, 0.717) is 11.3 Å². The van der Waals surface area contributed by atoms with Gasteiger partial charge < -0.3 is 4.74 Å². The lowest BCUT2D eigenvalue weighted by atomic mass is 10.0. The first-order chi connectivity index (χ1) is 13.0. The molecule has 27 heavy (non-hydrogen) atoms. The van der Waals surface area contributed by atoms with E-state index in [-0.39, 0.29) is 11.4 Å². The van der Waals surface area contributed by atoms with E-state index in [1.165, 1.54) is 12.1 Å². The summed E-state index contributed by atoms with van der Waals surface area (Å²) >= 11 is 0. The lowest BCUT2D eigenvalue weighted by Gasteiger charge is -2.13. The van der Waals surface area contributed by atoms with E-state index in [1.807, 2.05) is 19.2 Å². The second-order valence-electron chi connectivity index (χ2n) is 5.89. The molecule has 0 N–H and O–H groups in total. The minimum Gasteiger partial charge on any atom is -0.454 e. The number of non-ortho nitro benzene ring substituents is 1. The first kappa shape index (κ1) is 16.6. The molecule has 2 heterocycles. The molecule has 0 bridgehead atoms. The molecule has 0 saturated carbocycles. The number of fused-ring (bicyclic) bond motifs is 1. The summed E-state index contributed by atoms with van der Waals surface area (Å²) in [7, 11) is 1.83. The predicted molar refractivity (Wildman–Crippen MR) is 97.1 cm³/mol. The molecule has 0 radical (unpaired) electrons. The summed E-state index contributed by atoms with van der Waals surface area (Å²) in [5, 5.41) is 15.8. The van der Waals surface area contributed by atoms with Gasteiger partial charge in [-0.3, -0.25) is 19.8 Å². The van der Waals surface area contributed by atoms with E-state index in [9.17, 15) is 14.5 Å². The summed E-state index contributed by atoms with van der Waals surface area (Å²) in [5.41, 5.74) is 2.04. The molecule has 134 valence electrons. The molecule has 4 rings (SSSR count). The Morgan fingerprint density at radius 1 is 1.15 bits per heavy atom. The molecular formula is C19H13FN4O3. The summed E-state index contributed by atoms with van der Waals surface area (Å²) in [6.07, 6.45) is 5.01. The van der Waals surface area contributed by atoms with Gasteiger partial charge in [0, 0.05) is 42.0 Å². The van der Waals surface area contributed by atoms with Crippen molar-refractivity contribution >= 4 is 16.6 Å². The van der Waals surface area contributed by atoms with Crippen molar-refractivity contribution < 1.29 is 14.1 Å². The fourth-order valence-corrected chi connectivity index (χ4v) is 2.82. The van der Waals surface area contributed by atoms with E-state index in [2.05, 4.69) is 10.1 Å². The molecular weight excluding hydrogens is 351 g/mol. The van der Waals surface area contributed by atoms with E-state index in [0.717, 1.165) is 22.5 Å². The van der Waals surface area contributed by atoms with Gasteiger partial charge in [0.05, 0.1) is 22.7 Å². The number of hydrogen-bond acceptors (Lipinski definition) is 5. The van der Waals surface area contributed by atoms with Gasteiger partial charge in [0.2, 0.25) is 0 Å². The Morgan fingerprint density at radius 3 is 2.70 bits per heavy atom. The largest absolute Gasteiger partial charge is 0.454 e. The quantitative estimate of drug-likeness (QED) is 0.394. The van der Waals surface area contributed by atoms with E-state index in [1.54, 1.807) is 35.4 Å². The summed E-state index contributed by atoms with van der Waals surface area (Å²) in [4.78, 5) is 14.3. The van der Waals surface area contributed by atoms with Crippen molar-refractivity contribution in [2.24, 2.45) is 7.05 Å². The summed E-state index contributed by atoms with van der Waals surface area (Å²) in [6.45, 7) is 0. The van der Waals surface area contributed by atoms with Crippen molar-refractivity contribution in [3.05, 3.63) is 77.0 Å². The highest BCUT2D eigenvalue weighted by Gasteiger charge is 2.16. The number of hydrogen-bond donors (Lipinski definition) is 0. The van der Waals surface area contributed by atoms with Gasteiger partial charge in [0.1, 0.15) is 5.75 Å². The maximum Gasteiger partial charge on any atom is 0.272 e. The van der Waals surface area contributed by atoms with Crippen molar-refractivity contribution in [3.63, 3.8) is 0 Å². The number of ether oxygens (including phenoxy) is 1. The molecule has 2 aromatic heterocycles. The highest BCUT2D eigenvalue weighted by atomic mass is 19.1. The Labute approximate surface area is 152 Å². The van der Waals surface area contributed by atoms with Crippen LogP contribution in [0, 0.1) is 15.9 Å². The molecule has 0 aliphatic carbocycles. The van der Waals surface area contributed by atoms with Crippen molar-refractivity contribution in [3.8, 4) is 22.6 Å². The molecule has 2 aromatic carbocycles. The minimum absolute atomic E-state index is 0.103. The van der Waals surface area contributed by atoms with E-state index < -0.39 is 10.7 Å². The zero-order valence-electron chi connectivity index (χ0n) is 14.2. The van der Waals surface area contributed by atoms with Crippen LogP contribution in [0.2, 0.25) is 0 Å². The number of aromatic nitrogens is 3. The van der Waals surface area contributed by atoms with Crippen LogP contribution in [0.4, 0.5) is 10.1 Å². The van der Waals surface area contributed by atoms with Gasteiger partial charge in [-0.2, -0.15) is 5.10 Å². The van der Waals surface area contributed by atoms with Crippen LogP contribution in [0.15, 0.2) is 61.1 Å². The molecule has 4 aromatic rings. The third-order valence-corrected chi connectivity index (χ3v) is 4.17. The third-order valence-electron chi connectivity index (χ3n) is 4.17. The van der Waals surface area contributed by atoms with Crippen LogP contribution in [0.3, 0.4) is 0 Å². The number of nitrogens with zero attached hydrogens (tertiary/aromatic N) is 4. The Balaban J connectivity index is 1.84. The van der Waals surface area contributed by atoms with Gasteiger partial charge in [-0.1, -0.05) is 6.07 Å². The first-order valence-corrected chi connectivity index (χ1v) is 8.01. The summed E-state index contributed by atoms with van der Waals surface area (Å²) in [5.74, 6) is -0.516. The average molecular weight is 364 g/mol. The SMILES string of the molecule is Cn1ncc2cc(Oc3ccc([N+](=O)[O-])cc3F)c(-c3cccnc3)cc21. The lowest BCUT2D eigenvalue weighted by Crippen LogP contribution is -1.95. The first-order valence-electron chi connectivity index (χ1n) is 8.01. The van der Waals surface area contributed by atoms with Crippen molar-refractivity contribution in [2.75, 3.05) is 0 Å². The summed E-state index contributed by atoms with van der Waals surface area (Å²) < 4.78 is 21.8. The van der Waals surface area contributed by atoms with E-state index in [4.69, 9.17) is 4.74 Å². The van der Waals surface area contributed by atoms with Gasteiger partial charge >= 0.3 is 0 Å². The van der Waals surface area contributed by atoms with Crippen molar-refractivity contribution in [1.82, 2.24) is 14.8 Å². The van der Waals surface area contributed by atoms with Gasteiger partial charge in [0.15, 0.2) is 11.6 Å². The second-order valence-corrected chi connectivity index (χ2v) is 5.89. The summed E-state index contributed by atoms with van der Waals surface area (Å²) in [6, 6.07) is 10.6. The number of rotatable bonds is 4. The molecule has 0 saturated heterocycles. The fraction of sp³-hybridized carbons (Fsp3) is 0.0526. The Hall–Kier alpha value is -3.81. The van der Waals surface area contributed by atoms with Gasteiger partial charge in [0.25, 0.3) is 5.69 Å². The average Bonchev–Trinajstić information content (AvgIpc) is 3.03. The van der Waals surface area contributed by atoms with Crippen LogP contribution in [0.25, 0.3) is 22.0 Å². The molecule has 8 heteroatoms. The van der Waals surface area contributed by atoms with Crippen LogP contribution in [0.1, 0.15) is 0 Å². The molecule has 0 aliphatic rings. The van der Waals surface area contributed by atoms with Crippen LogP contribution < -0.4 is 4.74 Å². The topological polar surface area (TPSA) is 83.1 Å². The molecule has 0 aliphatic heterocycles. The fourth-order valence-electron chi connectivity index (χ4n) is 2.82. The maximum absolute atomic E-state index is 14.3. The number of pyridine rings is 1. The molecule has 0 atom stereocenters. The van der Waals surface area contributed by atoms with Crippen LogP contribution >= 0.6 is 0 Å². The predicted octanol–water partition coefficient (Wildman–Crippen LogP) is 4.47. The van der Waals surface area contributed by atoms with Gasteiger partial charge in [-0.25, -0.2) is 4.39 Å². The highest BCUT2D eigenvalue weighted by molar-refractivity contribution is 5.88. The Morgan fingerprint density at radius 2 is 2.00 bits per heavy atom. The number of nitro groups is 1. The lowest BCUT2D eigenvalue weighted by molar-refractivity contribution is -0.385. The van der Waals surface area contributed by atoms with E-state index >= 15 is 0 Å². The Bertz CT molecular complexity index is 1160. The molecule has 0 unspecified atom stereocenters. The number of nitro benzene ring substituents is 1.